The third-order valence-electron chi connectivity index (χ3n) is 4.22. The van der Waals surface area contributed by atoms with Crippen molar-refractivity contribution in [2.45, 2.75) is 31.7 Å². The van der Waals surface area contributed by atoms with Crippen molar-refractivity contribution in [1.82, 2.24) is 10.3 Å². The molecule has 2 unspecified atom stereocenters. The van der Waals surface area contributed by atoms with Gasteiger partial charge in [0.2, 0.25) is 0 Å². The molecule has 2 atom stereocenters. The van der Waals surface area contributed by atoms with Crippen LogP contribution in [0.5, 0.6) is 5.75 Å². The summed E-state index contributed by atoms with van der Waals surface area (Å²) >= 11 is 0. The van der Waals surface area contributed by atoms with Crippen LogP contribution in [0.2, 0.25) is 0 Å². The van der Waals surface area contributed by atoms with Gasteiger partial charge in [0, 0.05) is 11.7 Å². The van der Waals surface area contributed by atoms with E-state index in [4.69, 9.17) is 4.74 Å². The second kappa shape index (κ2) is 6.27. The van der Waals surface area contributed by atoms with Crippen molar-refractivity contribution in [1.29, 1.82) is 0 Å². The van der Waals surface area contributed by atoms with Crippen LogP contribution in [0.25, 0.3) is 0 Å². The van der Waals surface area contributed by atoms with E-state index in [1.54, 1.807) is 0 Å². The molecular formula is C18H22N2O. The first-order valence-corrected chi connectivity index (χ1v) is 7.60. The first-order chi connectivity index (χ1) is 10.3. The van der Waals surface area contributed by atoms with Crippen LogP contribution < -0.4 is 10.1 Å². The summed E-state index contributed by atoms with van der Waals surface area (Å²) in [6.45, 7) is 2.85. The lowest BCUT2D eigenvalue weighted by molar-refractivity contribution is 0.256. The van der Waals surface area contributed by atoms with Crippen molar-refractivity contribution in [3.63, 3.8) is 0 Å². The topological polar surface area (TPSA) is 34.1 Å². The Balaban J connectivity index is 1.82. The van der Waals surface area contributed by atoms with E-state index in [2.05, 4.69) is 40.6 Å². The number of nitrogens with zero attached hydrogens (tertiary/aromatic N) is 1. The fourth-order valence-electron chi connectivity index (χ4n) is 3.09. The standard InChI is InChI=1S/C18H22N2O/c1-13-6-5-8-16(20-13)17(19-2)12-14-10-11-21-18-9-4-3-7-15(14)18/h3-9,14,17,19H,10-12H2,1-2H3. The Bertz CT molecular complexity index is 612. The summed E-state index contributed by atoms with van der Waals surface area (Å²) in [6, 6.07) is 14.9. The van der Waals surface area contributed by atoms with Gasteiger partial charge in [0.05, 0.1) is 12.3 Å². The molecule has 1 aromatic heterocycles. The summed E-state index contributed by atoms with van der Waals surface area (Å²) in [6.07, 6.45) is 2.12. The van der Waals surface area contributed by atoms with Crippen molar-refractivity contribution in [2.75, 3.05) is 13.7 Å². The molecule has 0 spiro atoms. The van der Waals surface area contributed by atoms with Crippen molar-refractivity contribution < 1.29 is 4.74 Å². The molecule has 1 aromatic carbocycles. The van der Waals surface area contributed by atoms with Gasteiger partial charge in [-0.25, -0.2) is 0 Å². The lowest BCUT2D eigenvalue weighted by atomic mass is 9.86. The fraction of sp³-hybridized carbons (Fsp3) is 0.389. The number of aryl methyl sites for hydroxylation is 1. The molecule has 0 saturated carbocycles. The summed E-state index contributed by atoms with van der Waals surface area (Å²) in [5.41, 5.74) is 3.53. The Morgan fingerprint density at radius 1 is 1.24 bits per heavy atom. The van der Waals surface area contributed by atoms with Gasteiger partial charge in [-0.2, -0.15) is 0 Å². The molecule has 0 radical (unpaired) electrons. The van der Waals surface area contributed by atoms with Gasteiger partial charge in [-0.1, -0.05) is 24.3 Å². The molecule has 0 fully saturated rings. The summed E-state index contributed by atoms with van der Waals surface area (Å²) in [4.78, 5) is 4.67. The Labute approximate surface area is 126 Å². The van der Waals surface area contributed by atoms with Gasteiger partial charge in [-0.3, -0.25) is 4.98 Å². The summed E-state index contributed by atoms with van der Waals surface area (Å²) in [5.74, 6) is 1.57. The highest BCUT2D eigenvalue weighted by Crippen LogP contribution is 2.38. The zero-order chi connectivity index (χ0) is 14.7. The maximum absolute atomic E-state index is 5.76. The SMILES string of the molecule is CNC(CC1CCOc2ccccc21)c1cccc(C)n1. The number of nitrogens with one attached hydrogen (secondary N) is 1. The Morgan fingerprint density at radius 3 is 2.90 bits per heavy atom. The van der Waals surface area contributed by atoms with Gasteiger partial charge in [-0.05, 0) is 56.5 Å². The Kier molecular flexibility index (Phi) is 4.20. The van der Waals surface area contributed by atoms with E-state index in [1.165, 1.54) is 5.56 Å². The summed E-state index contributed by atoms with van der Waals surface area (Å²) < 4.78 is 5.76. The number of rotatable bonds is 4. The molecule has 0 amide bonds. The van der Waals surface area contributed by atoms with Crippen LogP contribution in [-0.4, -0.2) is 18.6 Å². The third-order valence-corrected chi connectivity index (χ3v) is 4.22. The average molecular weight is 282 g/mol. The molecule has 110 valence electrons. The molecule has 1 N–H and O–H groups in total. The maximum Gasteiger partial charge on any atom is 0.122 e. The van der Waals surface area contributed by atoms with Crippen LogP contribution in [0.4, 0.5) is 0 Å². The molecule has 1 aliphatic rings. The largest absolute Gasteiger partial charge is 0.493 e. The fourth-order valence-corrected chi connectivity index (χ4v) is 3.09. The predicted octanol–water partition coefficient (Wildman–Crippen LogP) is 3.61. The maximum atomic E-state index is 5.76. The minimum atomic E-state index is 0.279. The molecule has 0 aliphatic carbocycles. The zero-order valence-corrected chi connectivity index (χ0v) is 12.7. The predicted molar refractivity (Wildman–Crippen MR) is 84.7 cm³/mol. The molecule has 1 aliphatic heterocycles. The van der Waals surface area contributed by atoms with Crippen molar-refractivity contribution in [2.24, 2.45) is 0 Å². The van der Waals surface area contributed by atoms with Gasteiger partial charge in [0.25, 0.3) is 0 Å². The van der Waals surface area contributed by atoms with E-state index in [1.807, 2.05) is 26.1 Å². The van der Waals surface area contributed by atoms with Crippen molar-refractivity contribution in [3.05, 3.63) is 59.4 Å². The monoisotopic (exact) mass is 282 g/mol. The minimum absolute atomic E-state index is 0.279. The number of ether oxygens (including phenoxy) is 1. The normalized spacial score (nSPS) is 18.7. The lowest BCUT2D eigenvalue weighted by Crippen LogP contribution is -2.23. The third kappa shape index (κ3) is 3.08. The number of hydrogen-bond acceptors (Lipinski definition) is 3. The number of aromatic nitrogens is 1. The quantitative estimate of drug-likeness (QED) is 0.930. The molecule has 2 aromatic rings. The highest BCUT2D eigenvalue weighted by molar-refractivity contribution is 5.38. The second-order valence-corrected chi connectivity index (χ2v) is 5.65. The first kappa shape index (κ1) is 14.1. The smallest absolute Gasteiger partial charge is 0.122 e. The molecule has 0 bridgehead atoms. The molecule has 0 saturated heterocycles. The van der Waals surface area contributed by atoms with Crippen LogP contribution in [-0.2, 0) is 0 Å². The Morgan fingerprint density at radius 2 is 2.10 bits per heavy atom. The number of hydrogen-bond donors (Lipinski definition) is 1. The van der Waals surface area contributed by atoms with E-state index in [-0.39, 0.29) is 6.04 Å². The van der Waals surface area contributed by atoms with Crippen LogP contribution in [0.15, 0.2) is 42.5 Å². The van der Waals surface area contributed by atoms with E-state index in [9.17, 15) is 0 Å². The van der Waals surface area contributed by atoms with Gasteiger partial charge in [-0.15, -0.1) is 0 Å². The second-order valence-electron chi connectivity index (χ2n) is 5.65. The number of pyridine rings is 1. The van der Waals surface area contributed by atoms with E-state index in [0.717, 1.165) is 36.6 Å². The van der Waals surface area contributed by atoms with E-state index < -0.39 is 0 Å². The van der Waals surface area contributed by atoms with Crippen LogP contribution in [0.1, 0.15) is 41.8 Å². The highest BCUT2D eigenvalue weighted by Gasteiger charge is 2.25. The van der Waals surface area contributed by atoms with Gasteiger partial charge < -0.3 is 10.1 Å². The molecule has 3 heteroatoms. The van der Waals surface area contributed by atoms with E-state index in [0.29, 0.717) is 5.92 Å². The number of fused-ring (bicyclic) bond motifs is 1. The summed E-state index contributed by atoms with van der Waals surface area (Å²) in [5, 5.41) is 3.42. The van der Waals surface area contributed by atoms with Crippen LogP contribution in [0, 0.1) is 6.92 Å². The lowest BCUT2D eigenvalue weighted by Gasteiger charge is -2.29. The van der Waals surface area contributed by atoms with Gasteiger partial charge in [0.1, 0.15) is 5.75 Å². The van der Waals surface area contributed by atoms with E-state index >= 15 is 0 Å². The zero-order valence-electron chi connectivity index (χ0n) is 12.7. The first-order valence-electron chi connectivity index (χ1n) is 7.60. The van der Waals surface area contributed by atoms with Crippen LogP contribution in [0.3, 0.4) is 0 Å². The van der Waals surface area contributed by atoms with Gasteiger partial charge in [0.15, 0.2) is 0 Å². The molecule has 3 nitrogen and oxygen atoms in total. The molecule has 3 rings (SSSR count). The number of benzene rings is 1. The average Bonchev–Trinajstić information content (AvgIpc) is 2.52. The molecule has 21 heavy (non-hydrogen) atoms. The number of para-hydroxylation sites is 1. The van der Waals surface area contributed by atoms with Crippen molar-refractivity contribution in [3.8, 4) is 5.75 Å². The Hall–Kier alpha value is -1.87. The van der Waals surface area contributed by atoms with Crippen molar-refractivity contribution >= 4 is 0 Å². The van der Waals surface area contributed by atoms with Gasteiger partial charge >= 0.3 is 0 Å². The summed E-state index contributed by atoms with van der Waals surface area (Å²) in [7, 11) is 2.01. The highest BCUT2D eigenvalue weighted by atomic mass is 16.5. The molecule has 2 heterocycles. The van der Waals surface area contributed by atoms with Crippen LogP contribution >= 0.6 is 0 Å². The minimum Gasteiger partial charge on any atom is -0.493 e. The molecular weight excluding hydrogens is 260 g/mol.